The first-order chi connectivity index (χ1) is 20.0. The fourth-order valence-corrected chi connectivity index (χ4v) is 12.0. The molecule has 41 heavy (non-hydrogen) atoms. The minimum Gasteiger partial charge on any atom is -0.285 e. The van der Waals surface area contributed by atoms with Crippen molar-refractivity contribution >= 4 is 21.9 Å². The van der Waals surface area contributed by atoms with Crippen LogP contribution in [0.4, 0.5) is 0 Å². The van der Waals surface area contributed by atoms with Crippen LogP contribution in [0.3, 0.4) is 0 Å². The molecule has 0 radical (unpaired) electrons. The summed E-state index contributed by atoms with van der Waals surface area (Å²) in [4.78, 5) is 2.77. The van der Waals surface area contributed by atoms with E-state index in [1.165, 1.54) is 113 Å². The van der Waals surface area contributed by atoms with E-state index in [0.717, 1.165) is 49.5 Å². The van der Waals surface area contributed by atoms with Crippen molar-refractivity contribution in [2.45, 2.75) is 140 Å². The normalized spacial score (nSPS) is 32.2. The van der Waals surface area contributed by atoms with Gasteiger partial charge in [-0.05, 0) is 116 Å². The number of hydrogen-bond donors (Lipinski definition) is 1. The lowest BCUT2D eigenvalue weighted by molar-refractivity contribution is 0.268. The predicted molar refractivity (Wildman–Crippen MR) is 173 cm³/mol. The van der Waals surface area contributed by atoms with Crippen LogP contribution in [0.25, 0.3) is 0 Å². The Morgan fingerprint density at radius 3 is 1.76 bits per heavy atom. The molecule has 6 aliphatic rings. The zero-order valence-corrected chi connectivity index (χ0v) is 26.9. The van der Waals surface area contributed by atoms with Gasteiger partial charge in [0.05, 0.1) is 0 Å². The zero-order chi connectivity index (χ0) is 28.2. The molecule has 5 heteroatoms. The molecule has 0 spiro atoms. The number of rotatable bonds is 7. The van der Waals surface area contributed by atoms with Crippen LogP contribution in [-0.4, -0.2) is 18.2 Å². The Labute approximate surface area is 254 Å². The Morgan fingerprint density at radius 2 is 1.17 bits per heavy atom. The smallest absolute Gasteiger partial charge is 0.272 e. The van der Waals surface area contributed by atoms with Crippen LogP contribution in [0.2, 0.25) is 0 Å². The largest absolute Gasteiger partial charge is 0.285 e. The first kappa shape index (κ1) is 30.3. The molecule has 0 heterocycles. The van der Waals surface area contributed by atoms with Crippen molar-refractivity contribution in [3.63, 3.8) is 0 Å². The molecule has 3 nitrogen and oxygen atoms in total. The number of thioether (sulfide) groups is 1. The van der Waals surface area contributed by atoms with Crippen LogP contribution in [-0.2, 0) is 10.1 Å². The van der Waals surface area contributed by atoms with E-state index < -0.39 is 15.4 Å². The van der Waals surface area contributed by atoms with Crippen molar-refractivity contribution < 1.29 is 13.0 Å². The molecular formula is C36H54O3S2. The van der Waals surface area contributed by atoms with E-state index in [-0.39, 0.29) is 5.92 Å². The molecule has 6 rings (SSSR count). The summed E-state index contributed by atoms with van der Waals surface area (Å²) in [5.74, 6) is 2.75. The highest BCUT2D eigenvalue weighted by molar-refractivity contribution is 8.06. The van der Waals surface area contributed by atoms with Crippen LogP contribution < -0.4 is 0 Å². The van der Waals surface area contributed by atoms with E-state index in [4.69, 9.17) is 0 Å². The minimum absolute atomic E-state index is 0.0959. The molecule has 4 fully saturated rings. The van der Waals surface area contributed by atoms with Gasteiger partial charge in [0.25, 0.3) is 10.1 Å². The highest BCUT2D eigenvalue weighted by Crippen LogP contribution is 2.50. The molecule has 0 amide bonds. The third-order valence-corrected chi connectivity index (χ3v) is 14.0. The summed E-state index contributed by atoms with van der Waals surface area (Å²) in [5, 5.41) is -0.744. The summed E-state index contributed by atoms with van der Waals surface area (Å²) in [6, 6.07) is 0. The summed E-state index contributed by atoms with van der Waals surface area (Å²) in [5.41, 5.74) is 2.65. The summed E-state index contributed by atoms with van der Waals surface area (Å²) in [7, 11) is -4.17. The zero-order valence-electron chi connectivity index (χ0n) is 25.3. The van der Waals surface area contributed by atoms with Gasteiger partial charge in [0.1, 0.15) is 5.25 Å². The molecule has 228 valence electrons. The van der Waals surface area contributed by atoms with Crippen molar-refractivity contribution in [2.75, 3.05) is 0 Å². The summed E-state index contributed by atoms with van der Waals surface area (Å²) >= 11 is 1.95. The fourth-order valence-electron chi connectivity index (χ4n) is 9.53. The third kappa shape index (κ3) is 7.48. The summed E-state index contributed by atoms with van der Waals surface area (Å²) in [6.45, 7) is 0. The highest BCUT2D eigenvalue weighted by Gasteiger charge is 2.43. The molecule has 3 unspecified atom stereocenters. The van der Waals surface area contributed by atoms with Crippen molar-refractivity contribution in [3.05, 3.63) is 45.3 Å². The molecule has 0 bridgehead atoms. The van der Waals surface area contributed by atoms with E-state index in [1.807, 2.05) is 11.8 Å². The number of allylic oxidation sites excluding steroid dienone is 6. The lowest BCUT2D eigenvalue weighted by Gasteiger charge is -2.40. The van der Waals surface area contributed by atoms with Gasteiger partial charge in [-0.3, -0.25) is 4.55 Å². The standard InChI is InChI=1S/C36H54O3S2/c37-41(38,39)36-34(28-17-9-3-10-18-28)24-33(25-35(36)29-19-11-4-12-20-29)40-32-22-30(26-13-5-1-6-14-26)21-31(23-32)27-15-7-2-8-16-27/h21-22,24-29,31,34,36H,1-20,23H2,(H,37,38,39). The molecule has 1 N–H and O–H groups in total. The van der Waals surface area contributed by atoms with Gasteiger partial charge >= 0.3 is 0 Å². The van der Waals surface area contributed by atoms with Gasteiger partial charge < -0.3 is 0 Å². The van der Waals surface area contributed by atoms with Gasteiger partial charge in [-0.25, -0.2) is 0 Å². The molecular weight excluding hydrogens is 545 g/mol. The predicted octanol–water partition coefficient (Wildman–Crippen LogP) is 10.6. The first-order valence-corrected chi connectivity index (χ1v) is 19.8. The summed E-state index contributed by atoms with van der Waals surface area (Å²) in [6.07, 6.45) is 36.2. The van der Waals surface area contributed by atoms with Crippen molar-refractivity contribution in [1.82, 2.24) is 0 Å². The SMILES string of the molecule is O=S(=O)(O)C1C(C2CCCCC2)=CC(SC2=CC(C3CCCCC3)=CC(C3CCCCC3)C2)=CC1C1CCCCC1. The second-order valence-corrected chi connectivity index (χ2v) is 17.2. The lowest BCUT2D eigenvalue weighted by atomic mass is 9.71. The van der Waals surface area contributed by atoms with E-state index in [2.05, 4.69) is 24.3 Å². The molecule has 0 aromatic carbocycles. The lowest BCUT2D eigenvalue weighted by Crippen LogP contribution is -2.40. The molecule has 6 aliphatic carbocycles. The molecule has 0 aromatic rings. The van der Waals surface area contributed by atoms with E-state index in [0.29, 0.717) is 17.8 Å². The number of hydrogen-bond acceptors (Lipinski definition) is 3. The average molecular weight is 599 g/mol. The minimum atomic E-state index is -4.17. The topological polar surface area (TPSA) is 54.4 Å². The van der Waals surface area contributed by atoms with Gasteiger partial charge in [0.2, 0.25) is 0 Å². The maximum absolute atomic E-state index is 13.1. The van der Waals surface area contributed by atoms with Crippen LogP contribution in [0.5, 0.6) is 0 Å². The Morgan fingerprint density at radius 1 is 0.634 bits per heavy atom. The second-order valence-electron chi connectivity index (χ2n) is 14.4. The van der Waals surface area contributed by atoms with Gasteiger partial charge in [0, 0.05) is 10.8 Å². The second kappa shape index (κ2) is 13.9. The van der Waals surface area contributed by atoms with Gasteiger partial charge in [-0.2, -0.15) is 8.42 Å². The monoisotopic (exact) mass is 598 g/mol. The molecule has 4 saturated carbocycles. The van der Waals surface area contributed by atoms with Gasteiger partial charge in [-0.1, -0.05) is 101 Å². The van der Waals surface area contributed by atoms with Crippen LogP contribution >= 0.6 is 11.8 Å². The van der Waals surface area contributed by atoms with E-state index in [1.54, 1.807) is 5.57 Å². The Balaban J connectivity index is 1.32. The van der Waals surface area contributed by atoms with Crippen LogP contribution in [0, 0.1) is 35.5 Å². The molecule has 3 atom stereocenters. The van der Waals surface area contributed by atoms with E-state index in [9.17, 15) is 13.0 Å². The maximum Gasteiger partial charge on any atom is 0.272 e. The quantitative estimate of drug-likeness (QED) is 0.296. The Kier molecular flexibility index (Phi) is 10.3. The van der Waals surface area contributed by atoms with Gasteiger partial charge in [-0.15, -0.1) is 0 Å². The van der Waals surface area contributed by atoms with Crippen LogP contribution in [0.15, 0.2) is 45.3 Å². The first-order valence-electron chi connectivity index (χ1n) is 17.5. The van der Waals surface area contributed by atoms with Gasteiger partial charge in [0.15, 0.2) is 0 Å². The highest BCUT2D eigenvalue weighted by atomic mass is 32.2. The molecule has 0 aliphatic heterocycles. The average Bonchev–Trinajstić information content (AvgIpc) is 3.02. The summed E-state index contributed by atoms with van der Waals surface area (Å²) < 4.78 is 36.9. The fraction of sp³-hybridized carbons (Fsp3) is 0.778. The third-order valence-electron chi connectivity index (χ3n) is 11.7. The van der Waals surface area contributed by atoms with Crippen molar-refractivity contribution in [1.29, 1.82) is 0 Å². The maximum atomic E-state index is 13.1. The van der Waals surface area contributed by atoms with E-state index >= 15 is 0 Å². The molecule has 0 saturated heterocycles. The van der Waals surface area contributed by atoms with Crippen LogP contribution in [0.1, 0.15) is 135 Å². The Bertz CT molecular complexity index is 1120. The Hall–Kier alpha value is -0.780. The van der Waals surface area contributed by atoms with Crippen molar-refractivity contribution in [3.8, 4) is 0 Å². The molecule has 0 aromatic heterocycles. The van der Waals surface area contributed by atoms with Crippen molar-refractivity contribution in [2.24, 2.45) is 35.5 Å².